The molecule has 92 valence electrons. The fourth-order valence-corrected chi connectivity index (χ4v) is 1.84. The fraction of sp³-hybridized carbons (Fsp3) is 1.00. The fourth-order valence-electron chi connectivity index (χ4n) is 0.970. The molecule has 0 amide bonds. The lowest BCUT2D eigenvalue weighted by Gasteiger charge is -2.11. The van der Waals surface area contributed by atoms with Gasteiger partial charge in [0.15, 0.2) is 0 Å². The van der Waals surface area contributed by atoms with E-state index in [0.717, 1.165) is 6.42 Å². The predicted molar refractivity (Wildman–Crippen MR) is 57.7 cm³/mol. The first-order chi connectivity index (χ1) is 7.02. The summed E-state index contributed by atoms with van der Waals surface area (Å²) >= 11 is 0. The molecule has 0 spiro atoms. The molecule has 3 N–H and O–H groups in total. The van der Waals surface area contributed by atoms with Crippen LogP contribution in [0.5, 0.6) is 0 Å². The van der Waals surface area contributed by atoms with Crippen molar-refractivity contribution in [1.82, 2.24) is 9.44 Å². The van der Waals surface area contributed by atoms with Crippen LogP contribution in [0.3, 0.4) is 0 Å². The van der Waals surface area contributed by atoms with Gasteiger partial charge in [-0.1, -0.05) is 13.3 Å². The number of hydrogen-bond donors (Lipinski definition) is 3. The van der Waals surface area contributed by atoms with Crippen molar-refractivity contribution in [3.63, 3.8) is 0 Å². The van der Waals surface area contributed by atoms with Crippen molar-refractivity contribution in [3.8, 4) is 0 Å². The highest BCUT2D eigenvalue weighted by Gasteiger charge is 2.10. The van der Waals surface area contributed by atoms with E-state index in [0.29, 0.717) is 13.0 Å². The van der Waals surface area contributed by atoms with Gasteiger partial charge in [0.2, 0.25) is 0 Å². The zero-order chi connectivity index (χ0) is 11.7. The van der Waals surface area contributed by atoms with E-state index in [1.54, 1.807) is 0 Å². The van der Waals surface area contributed by atoms with Crippen LogP contribution in [0, 0.1) is 0 Å². The molecule has 15 heavy (non-hydrogen) atoms. The van der Waals surface area contributed by atoms with Crippen LogP contribution in [0.15, 0.2) is 0 Å². The number of rotatable bonds is 9. The van der Waals surface area contributed by atoms with Gasteiger partial charge in [0.05, 0.1) is 12.7 Å². The third-order valence-corrected chi connectivity index (χ3v) is 2.86. The van der Waals surface area contributed by atoms with Gasteiger partial charge in [0.25, 0.3) is 10.2 Å². The molecule has 0 aromatic heterocycles. The first kappa shape index (κ1) is 14.8. The Morgan fingerprint density at radius 3 is 2.60 bits per heavy atom. The maximum absolute atomic E-state index is 11.2. The number of aliphatic hydroxyl groups is 1. The molecule has 6 nitrogen and oxygen atoms in total. The Morgan fingerprint density at radius 2 is 2.07 bits per heavy atom. The molecule has 1 atom stereocenters. The summed E-state index contributed by atoms with van der Waals surface area (Å²) in [5, 5.41) is 9.30. The highest BCUT2D eigenvalue weighted by atomic mass is 32.2. The molecule has 0 aliphatic heterocycles. The van der Waals surface area contributed by atoms with E-state index >= 15 is 0 Å². The number of nitrogens with one attached hydrogen (secondary N) is 2. The lowest BCUT2D eigenvalue weighted by molar-refractivity contribution is 0.167. The van der Waals surface area contributed by atoms with E-state index in [2.05, 4.69) is 9.44 Å². The molecule has 0 aromatic rings. The molecule has 0 aliphatic rings. The minimum Gasteiger partial charge on any atom is -0.392 e. The van der Waals surface area contributed by atoms with Gasteiger partial charge in [0.1, 0.15) is 0 Å². The minimum atomic E-state index is -3.51. The van der Waals surface area contributed by atoms with E-state index in [1.807, 2.05) is 6.92 Å². The van der Waals surface area contributed by atoms with E-state index in [4.69, 9.17) is 4.74 Å². The summed E-state index contributed by atoms with van der Waals surface area (Å²) < 4.78 is 31.7. The highest BCUT2D eigenvalue weighted by molar-refractivity contribution is 7.87. The van der Waals surface area contributed by atoms with E-state index < -0.39 is 16.3 Å². The molecule has 0 aliphatic carbocycles. The maximum atomic E-state index is 11.2. The monoisotopic (exact) mass is 240 g/mol. The van der Waals surface area contributed by atoms with Crippen molar-refractivity contribution in [2.45, 2.75) is 25.9 Å². The van der Waals surface area contributed by atoms with Crippen LogP contribution in [0.2, 0.25) is 0 Å². The SMILES string of the molecule is CCCC(O)CNS(=O)(=O)NCCOC. The van der Waals surface area contributed by atoms with Crippen molar-refractivity contribution >= 4 is 10.2 Å². The summed E-state index contributed by atoms with van der Waals surface area (Å²) in [4.78, 5) is 0. The molecule has 0 saturated heterocycles. The standard InChI is InChI=1S/C8H20N2O4S/c1-3-4-8(11)7-10-15(12,13)9-5-6-14-2/h8-11H,3-7H2,1-2H3. The number of methoxy groups -OCH3 is 1. The van der Waals surface area contributed by atoms with Gasteiger partial charge < -0.3 is 9.84 Å². The van der Waals surface area contributed by atoms with Gasteiger partial charge >= 0.3 is 0 Å². The zero-order valence-corrected chi connectivity index (χ0v) is 10.0. The maximum Gasteiger partial charge on any atom is 0.277 e. The first-order valence-electron chi connectivity index (χ1n) is 4.93. The van der Waals surface area contributed by atoms with Gasteiger partial charge in [-0.05, 0) is 6.42 Å². The lowest BCUT2D eigenvalue weighted by atomic mass is 10.2. The normalized spacial score (nSPS) is 14.1. The second-order valence-electron chi connectivity index (χ2n) is 3.18. The third kappa shape index (κ3) is 8.76. The van der Waals surface area contributed by atoms with E-state index in [-0.39, 0.29) is 13.1 Å². The van der Waals surface area contributed by atoms with Crippen molar-refractivity contribution in [3.05, 3.63) is 0 Å². The topological polar surface area (TPSA) is 87.7 Å². The Balaban J connectivity index is 3.73. The first-order valence-corrected chi connectivity index (χ1v) is 6.41. The van der Waals surface area contributed by atoms with Crippen LogP contribution in [-0.2, 0) is 14.9 Å². The van der Waals surface area contributed by atoms with Crippen molar-refractivity contribution < 1.29 is 18.3 Å². The average molecular weight is 240 g/mol. The highest BCUT2D eigenvalue weighted by Crippen LogP contribution is 1.94. The molecular formula is C8H20N2O4S. The summed E-state index contributed by atoms with van der Waals surface area (Å²) in [5.74, 6) is 0. The Morgan fingerprint density at radius 1 is 1.40 bits per heavy atom. The molecule has 0 heterocycles. The summed E-state index contributed by atoms with van der Waals surface area (Å²) in [5.41, 5.74) is 0. The van der Waals surface area contributed by atoms with Crippen LogP contribution >= 0.6 is 0 Å². The third-order valence-electron chi connectivity index (χ3n) is 1.73. The Bertz CT molecular complexity index is 243. The average Bonchev–Trinajstić information content (AvgIpc) is 2.16. The summed E-state index contributed by atoms with van der Waals surface area (Å²) in [6.45, 7) is 2.50. The lowest BCUT2D eigenvalue weighted by Crippen LogP contribution is -2.41. The predicted octanol–water partition coefficient (Wildman–Crippen LogP) is -0.782. The smallest absolute Gasteiger partial charge is 0.277 e. The van der Waals surface area contributed by atoms with Gasteiger partial charge in [-0.2, -0.15) is 17.9 Å². The van der Waals surface area contributed by atoms with E-state index in [9.17, 15) is 13.5 Å². The van der Waals surface area contributed by atoms with Crippen LogP contribution in [-0.4, -0.2) is 46.4 Å². The molecule has 0 fully saturated rings. The Kier molecular flexibility index (Phi) is 7.89. The van der Waals surface area contributed by atoms with Gasteiger partial charge in [-0.15, -0.1) is 0 Å². The molecule has 7 heteroatoms. The quantitative estimate of drug-likeness (QED) is 0.461. The van der Waals surface area contributed by atoms with Crippen molar-refractivity contribution in [2.24, 2.45) is 0 Å². The molecule has 0 saturated carbocycles. The van der Waals surface area contributed by atoms with Gasteiger partial charge in [-0.25, -0.2) is 0 Å². The van der Waals surface area contributed by atoms with E-state index in [1.165, 1.54) is 7.11 Å². The summed E-state index contributed by atoms with van der Waals surface area (Å²) in [6, 6.07) is 0. The number of hydrogen-bond acceptors (Lipinski definition) is 4. The zero-order valence-electron chi connectivity index (χ0n) is 9.19. The van der Waals surface area contributed by atoms with Gasteiger partial charge in [0, 0.05) is 20.2 Å². The van der Waals surface area contributed by atoms with Gasteiger partial charge in [-0.3, -0.25) is 0 Å². The van der Waals surface area contributed by atoms with Crippen LogP contribution in [0.4, 0.5) is 0 Å². The molecule has 0 bridgehead atoms. The Labute approximate surface area is 91.2 Å². The minimum absolute atomic E-state index is 0.0379. The Hall–Kier alpha value is -0.210. The second kappa shape index (κ2) is 8.00. The molecule has 1 unspecified atom stereocenters. The van der Waals surface area contributed by atoms with Crippen LogP contribution in [0.1, 0.15) is 19.8 Å². The van der Waals surface area contributed by atoms with Crippen molar-refractivity contribution in [1.29, 1.82) is 0 Å². The van der Waals surface area contributed by atoms with Crippen molar-refractivity contribution in [2.75, 3.05) is 26.8 Å². The molecule has 0 aromatic carbocycles. The molecule has 0 rings (SSSR count). The number of ether oxygens (including phenoxy) is 1. The second-order valence-corrected chi connectivity index (χ2v) is 4.77. The molecular weight excluding hydrogens is 220 g/mol. The van der Waals surface area contributed by atoms with Crippen LogP contribution in [0.25, 0.3) is 0 Å². The summed E-state index contributed by atoms with van der Waals surface area (Å²) in [7, 11) is -2.01. The summed E-state index contributed by atoms with van der Waals surface area (Å²) in [6.07, 6.45) is 0.773. The molecule has 0 radical (unpaired) electrons. The largest absolute Gasteiger partial charge is 0.392 e. The van der Waals surface area contributed by atoms with Crippen LogP contribution < -0.4 is 9.44 Å². The number of aliphatic hydroxyl groups excluding tert-OH is 1.